The van der Waals surface area contributed by atoms with E-state index in [1.165, 1.54) is 0 Å². The molecule has 1 aromatic rings. The van der Waals surface area contributed by atoms with Crippen molar-refractivity contribution in [3.8, 4) is 0 Å². The Morgan fingerprint density at radius 1 is 1.20 bits per heavy atom. The predicted molar refractivity (Wildman–Crippen MR) is 45.2 cm³/mol. The topological polar surface area (TPSA) is 0 Å². The molecule has 0 N–H and O–H groups in total. The van der Waals surface area contributed by atoms with Crippen LogP contribution in [0.4, 0.5) is 0 Å². The Labute approximate surface area is 65.7 Å². The quantitative estimate of drug-likeness (QED) is 0.586. The minimum atomic E-state index is 0.528. The van der Waals surface area contributed by atoms with Crippen LogP contribution in [0.15, 0.2) is 24.2 Å². The molecule has 0 fully saturated rings. The molecular formula is C10H14. The molecule has 0 saturated heterocycles. The second-order valence-corrected chi connectivity index (χ2v) is 2.34. The largest absolute Gasteiger partial charge is 0.0629 e. The van der Waals surface area contributed by atoms with Crippen molar-refractivity contribution >= 4 is 0 Å². The molecule has 54 valence electrons. The van der Waals surface area contributed by atoms with Gasteiger partial charge in [-0.05, 0) is 24.0 Å². The lowest BCUT2D eigenvalue weighted by Crippen LogP contribution is -1.83. The minimum absolute atomic E-state index is 0.528. The van der Waals surface area contributed by atoms with Crippen molar-refractivity contribution in [1.82, 2.24) is 0 Å². The summed E-state index contributed by atoms with van der Waals surface area (Å²) in [5.41, 5.74) is 1.97. The molecule has 0 heterocycles. The highest BCUT2D eigenvalue weighted by Gasteiger charge is 1.89. The molecule has 0 atom stereocenters. The van der Waals surface area contributed by atoms with Crippen molar-refractivity contribution < 1.29 is 2.74 Å². The Morgan fingerprint density at radius 2 is 1.70 bits per heavy atom. The number of aryl methyl sites for hydroxylation is 2. The van der Waals surface area contributed by atoms with Gasteiger partial charge in [0.15, 0.2) is 0 Å². The molecule has 0 bridgehead atoms. The first kappa shape index (κ1) is 4.95. The third-order valence-electron chi connectivity index (χ3n) is 1.60. The molecule has 0 aliphatic rings. The number of benzene rings is 1. The van der Waals surface area contributed by atoms with Gasteiger partial charge < -0.3 is 0 Å². The first-order valence-corrected chi connectivity index (χ1v) is 3.78. The zero-order valence-corrected chi connectivity index (χ0v) is 6.57. The second kappa shape index (κ2) is 3.40. The molecule has 0 amide bonds. The van der Waals surface area contributed by atoms with Crippen LogP contribution in [-0.2, 0) is 12.8 Å². The molecule has 10 heavy (non-hydrogen) atoms. The summed E-state index contributed by atoms with van der Waals surface area (Å²) in [7, 11) is 0. The Balaban J connectivity index is 3.22. The van der Waals surface area contributed by atoms with Crippen LogP contribution in [0.1, 0.15) is 27.7 Å². The SMILES string of the molecule is [2H]c1cc(CC)c([2H])c(CC)c1. The summed E-state index contributed by atoms with van der Waals surface area (Å²) in [4.78, 5) is 0. The first-order valence-electron chi connectivity index (χ1n) is 4.78. The fourth-order valence-corrected chi connectivity index (χ4v) is 0.902. The molecule has 0 spiro atoms. The standard InChI is InChI=1S/C10H14/c1-3-9-6-5-7-10(4-2)8-9/h5-8H,3-4H2,1-2H3/i5D,8D. The van der Waals surface area contributed by atoms with E-state index in [0.717, 1.165) is 24.0 Å². The molecule has 0 unspecified atom stereocenters. The van der Waals surface area contributed by atoms with Gasteiger partial charge in [-0.25, -0.2) is 0 Å². The fourth-order valence-electron chi connectivity index (χ4n) is 0.902. The van der Waals surface area contributed by atoms with E-state index in [1.807, 2.05) is 13.8 Å². The van der Waals surface area contributed by atoms with Crippen LogP contribution in [0, 0.1) is 0 Å². The van der Waals surface area contributed by atoms with E-state index < -0.39 is 0 Å². The van der Waals surface area contributed by atoms with Crippen LogP contribution in [-0.4, -0.2) is 0 Å². The van der Waals surface area contributed by atoms with E-state index in [-0.39, 0.29) is 0 Å². The Hall–Kier alpha value is -0.780. The molecule has 0 saturated carbocycles. The smallest absolute Gasteiger partial charge is 0.0617 e. The molecule has 1 rings (SSSR count). The van der Waals surface area contributed by atoms with Crippen LogP contribution in [0.5, 0.6) is 0 Å². The molecule has 1 aromatic carbocycles. The number of hydrogen-bond acceptors (Lipinski definition) is 0. The summed E-state index contributed by atoms with van der Waals surface area (Å²) in [6, 6.07) is 4.71. The summed E-state index contributed by atoms with van der Waals surface area (Å²) in [5, 5.41) is 0. The molecule has 0 aliphatic carbocycles. The highest BCUT2D eigenvalue weighted by Crippen LogP contribution is 2.05. The van der Waals surface area contributed by atoms with Crippen molar-refractivity contribution in [2.75, 3.05) is 0 Å². The molecule has 0 aliphatic heterocycles. The summed E-state index contributed by atoms with van der Waals surface area (Å²) in [5.74, 6) is 0. The lowest BCUT2D eigenvalue weighted by Gasteiger charge is -1.98. The van der Waals surface area contributed by atoms with Gasteiger partial charge in [0, 0.05) is 0 Å². The van der Waals surface area contributed by atoms with Gasteiger partial charge in [0.05, 0.1) is 2.74 Å². The van der Waals surface area contributed by atoms with E-state index in [2.05, 4.69) is 0 Å². The monoisotopic (exact) mass is 136 g/mol. The maximum atomic E-state index is 7.76. The molecule has 0 nitrogen and oxygen atoms in total. The molecule has 0 heteroatoms. The third kappa shape index (κ3) is 1.60. The van der Waals surface area contributed by atoms with Gasteiger partial charge in [-0.15, -0.1) is 0 Å². The van der Waals surface area contributed by atoms with Crippen LogP contribution >= 0.6 is 0 Å². The molecule has 0 aromatic heterocycles. The highest BCUT2D eigenvalue weighted by atomic mass is 13.9. The van der Waals surface area contributed by atoms with Crippen molar-refractivity contribution in [1.29, 1.82) is 0 Å². The lowest BCUT2D eigenvalue weighted by molar-refractivity contribution is 1.09. The second-order valence-electron chi connectivity index (χ2n) is 2.34. The maximum Gasteiger partial charge on any atom is 0.0629 e. The molecular weight excluding hydrogens is 120 g/mol. The van der Waals surface area contributed by atoms with E-state index in [9.17, 15) is 0 Å². The predicted octanol–water partition coefficient (Wildman–Crippen LogP) is 2.81. The number of rotatable bonds is 2. The van der Waals surface area contributed by atoms with Gasteiger partial charge in [0.1, 0.15) is 0 Å². The van der Waals surface area contributed by atoms with Gasteiger partial charge in [-0.3, -0.25) is 0 Å². The van der Waals surface area contributed by atoms with Gasteiger partial charge >= 0.3 is 0 Å². The highest BCUT2D eigenvalue weighted by molar-refractivity contribution is 5.23. The van der Waals surface area contributed by atoms with Crippen LogP contribution in [0.2, 0.25) is 0 Å². The van der Waals surface area contributed by atoms with E-state index >= 15 is 0 Å². The zero-order valence-electron chi connectivity index (χ0n) is 8.57. The van der Waals surface area contributed by atoms with Gasteiger partial charge in [-0.2, -0.15) is 0 Å². The molecule has 0 radical (unpaired) electrons. The zero-order chi connectivity index (χ0) is 9.14. The maximum absolute atomic E-state index is 7.76. The van der Waals surface area contributed by atoms with Crippen molar-refractivity contribution in [2.24, 2.45) is 0 Å². The van der Waals surface area contributed by atoms with E-state index in [4.69, 9.17) is 2.74 Å². The Morgan fingerprint density at radius 3 is 2.10 bits per heavy atom. The first-order chi connectivity index (χ1) is 5.69. The summed E-state index contributed by atoms with van der Waals surface area (Å²) >= 11 is 0. The summed E-state index contributed by atoms with van der Waals surface area (Å²) in [6.45, 7) is 4.04. The average molecular weight is 136 g/mol. The summed E-state index contributed by atoms with van der Waals surface area (Å²) < 4.78 is 15.3. The Kier molecular flexibility index (Phi) is 1.68. The minimum Gasteiger partial charge on any atom is -0.0617 e. The lowest BCUT2D eigenvalue weighted by atomic mass is 10.1. The van der Waals surface area contributed by atoms with E-state index in [1.54, 1.807) is 12.1 Å². The Bertz CT molecular complexity index is 254. The fraction of sp³-hybridized carbons (Fsp3) is 0.400. The van der Waals surface area contributed by atoms with Crippen molar-refractivity contribution in [3.05, 3.63) is 35.3 Å². The van der Waals surface area contributed by atoms with Crippen LogP contribution in [0.3, 0.4) is 0 Å². The van der Waals surface area contributed by atoms with E-state index in [0.29, 0.717) is 12.1 Å². The van der Waals surface area contributed by atoms with Crippen molar-refractivity contribution in [2.45, 2.75) is 26.7 Å². The van der Waals surface area contributed by atoms with Gasteiger partial charge in [-0.1, -0.05) is 38.1 Å². The number of hydrogen-bond donors (Lipinski definition) is 0. The summed E-state index contributed by atoms with van der Waals surface area (Å²) in [6.07, 6.45) is 1.69. The normalized spacial score (nSPS) is 12.6. The third-order valence-corrected chi connectivity index (χ3v) is 1.60. The van der Waals surface area contributed by atoms with Gasteiger partial charge in [0.25, 0.3) is 0 Å². The van der Waals surface area contributed by atoms with Gasteiger partial charge in [0.2, 0.25) is 0 Å². The van der Waals surface area contributed by atoms with Crippen LogP contribution < -0.4 is 0 Å². The average Bonchev–Trinajstić information content (AvgIpc) is 2.08. The van der Waals surface area contributed by atoms with Crippen LogP contribution in [0.25, 0.3) is 0 Å². The van der Waals surface area contributed by atoms with Crippen molar-refractivity contribution in [3.63, 3.8) is 0 Å².